The summed E-state index contributed by atoms with van der Waals surface area (Å²) < 4.78 is 6.58. The van der Waals surface area contributed by atoms with Gasteiger partial charge in [0.05, 0.1) is 5.02 Å². The van der Waals surface area contributed by atoms with E-state index in [1.807, 2.05) is 0 Å². The number of furan rings is 1. The molecule has 6 rings (SSSR count). The van der Waals surface area contributed by atoms with Crippen LogP contribution in [0.4, 0.5) is 0 Å². The second kappa shape index (κ2) is 5.03. The summed E-state index contributed by atoms with van der Waals surface area (Å²) in [4.78, 5) is 0. The summed E-state index contributed by atoms with van der Waals surface area (Å²) in [5, 5.41) is 8.10. The van der Waals surface area contributed by atoms with E-state index in [4.69, 9.17) is 16.0 Å². The molecule has 0 amide bonds. The first kappa shape index (κ1) is 15.5. The molecular formula is C24H17ClOSi. The second-order valence-electron chi connectivity index (χ2n) is 7.92. The maximum absolute atomic E-state index is 6.84. The average Bonchev–Trinajstić information content (AvgIpc) is 3.17. The lowest BCUT2D eigenvalue weighted by Crippen LogP contribution is -2.49. The maximum Gasteiger partial charge on any atom is 0.144 e. The summed E-state index contributed by atoms with van der Waals surface area (Å²) in [6.07, 6.45) is 0. The van der Waals surface area contributed by atoms with Crippen LogP contribution in [0.2, 0.25) is 18.1 Å². The van der Waals surface area contributed by atoms with Gasteiger partial charge in [-0.2, -0.15) is 0 Å². The number of benzene rings is 4. The minimum atomic E-state index is -1.78. The van der Waals surface area contributed by atoms with Crippen LogP contribution in [0.15, 0.2) is 71.1 Å². The molecule has 0 radical (unpaired) electrons. The molecule has 0 unspecified atom stereocenters. The molecule has 1 nitrogen and oxygen atoms in total. The van der Waals surface area contributed by atoms with Crippen LogP contribution >= 0.6 is 11.6 Å². The van der Waals surface area contributed by atoms with E-state index in [1.165, 1.54) is 26.9 Å². The van der Waals surface area contributed by atoms with E-state index in [0.717, 1.165) is 32.3 Å². The Morgan fingerprint density at radius 2 is 1.56 bits per heavy atom. The molecule has 2 heterocycles. The molecule has 0 spiro atoms. The quantitative estimate of drug-likeness (QED) is 0.290. The van der Waals surface area contributed by atoms with E-state index in [2.05, 4.69) is 79.8 Å². The zero-order valence-corrected chi connectivity index (χ0v) is 16.9. The average molecular weight is 385 g/mol. The lowest BCUT2D eigenvalue weighted by atomic mass is 10.0. The van der Waals surface area contributed by atoms with Gasteiger partial charge in [0.25, 0.3) is 0 Å². The van der Waals surface area contributed by atoms with Crippen molar-refractivity contribution in [1.82, 2.24) is 0 Å². The van der Waals surface area contributed by atoms with Gasteiger partial charge in [-0.1, -0.05) is 79.3 Å². The van der Waals surface area contributed by atoms with Crippen LogP contribution in [0.25, 0.3) is 43.8 Å². The van der Waals surface area contributed by atoms with Gasteiger partial charge in [0.2, 0.25) is 0 Å². The van der Waals surface area contributed by atoms with Gasteiger partial charge >= 0.3 is 0 Å². The third kappa shape index (κ3) is 1.85. The molecule has 1 aromatic heterocycles. The predicted molar refractivity (Wildman–Crippen MR) is 118 cm³/mol. The van der Waals surface area contributed by atoms with E-state index >= 15 is 0 Å². The molecular weight excluding hydrogens is 368 g/mol. The van der Waals surface area contributed by atoms with Crippen molar-refractivity contribution in [3.63, 3.8) is 0 Å². The molecule has 0 fully saturated rings. The number of hydrogen-bond donors (Lipinski definition) is 0. The van der Waals surface area contributed by atoms with Crippen molar-refractivity contribution in [3.05, 3.63) is 71.8 Å². The van der Waals surface area contributed by atoms with E-state index in [9.17, 15) is 0 Å². The Bertz CT molecular complexity index is 1410. The molecule has 0 atom stereocenters. The van der Waals surface area contributed by atoms with Crippen molar-refractivity contribution in [2.24, 2.45) is 0 Å². The Labute approximate surface area is 163 Å². The first-order valence-corrected chi connectivity index (χ1v) is 12.6. The normalized spacial score (nSPS) is 14.8. The molecule has 27 heavy (non-hydrogen) atoms. The standard InChI is InChI=1S/C24H17ClOSi/c1-27(2)19-10-6-5-9-16(19)22-20(27)13-18(25)21-17-12-11-14-7-3-4-8-15(14)23(17)26-24(21)22/h3-13H,1-2H3. The Morgan fingerprint density at radius 1 is 0.778 bits per heavy atom. The number of halogens is 1. The molecule has 3 heteroatoms. The van der Waals surface area contributed by atoms with Crippen molar-refractivity contribution in [1.29, 1.82) is 0 Å². The summed E-state index contributed by atoms with van der Waals surface area (Å²) in [6.45, 7) is 4.80. The van der Waals surface area contributed by atoms with Gasteiger partial charge in [0.15, 0.2) is 0 Å². The Balaban J connectivity index is 1.87. The van der Waals surface area contributed by atoms with E-state index in [0.29, 0.717) is 0 Å². The van der Waals surface area contributed by atoms with E-state index in [1.54, 1.807) is 0 Å². The van der Waals surface area contributed by atoms with Crippen molar-refractivity contribution in [3.8, 4) is 11.1 Å². The SMILES string of the molecule is C[Si]1(C)c2ccccc2-c2c1cc(Cl)c1c2oc2c3ccccc3ccc21. The zero-order chi connectivity index (χ0) is 18.3. The summed E-state index contributed by atoms with van der Waals surface area (Å²) in [5.74, 6) is 0. The maximum atomic E-state index is 6.84. The monoisotopic (exact) mass is 384 g/mol. The van der Waals surface area contributed by atoms with Crippen molar-refractivity contribution in [2.45, 2.75) is 13.1 Å². The minimum Gasteiger partial charge on any atom is -0.455 e. The van der Waals surface area contributed by atoms with Crippen molar-refractivity contribution < 1.29 is 4.42 Å². The van der Waals surface area contributed by atoms with Crippen LogP contribution in [-0.2, 0) is 0 Å². The predicted octanol–water partition coefficient (Wildman–Crippen LogP) is 6.20. The molecule has 0 N–H and O–H groups in total. The second-order valence-corrected chi connectivity index (χ2v) is 12.7. The van der Waals surface area contributed by atoms with Crippen LogP contribution in [-0.4, -0.2) is 8.07 Å². The molecule has 0 saturated heterocycles. The fourth-order valence-electron chi connectivity index (χ4n) is 4.78. The third-order valence-corrected chi connectivity index (χ3v) is 9.95. The molecule has 1 aliphatic rings. The molecule has 5 aromatic rings. The summed E-state index contributed by atoms with van der Waals surface area (Å²) in [5.41, 5.74) is 4.44. The molecule has 0 bridgehead atoms. The van der Waals surface area contributed by atoms with Gasteiger partial charge in [-0.15, -0.1) is 0 Å². The van der Waals surface area contributed by atoms with Crippen LogP contribution in [0.3, 0.4) is 0 Å². The van der Waals surface area contributed by atoms with Gasteiger partial charge < -0.3 is 4.42 Å². The fraction of sp³-hybridized carbons (Fsp3) is 0.0833. The molecule has 1 aliphatic heterocycles. The Kier molecular flexibility index (Phi) is 2.89. The lowest BCUT2D eigenvalue weighted by Gasteiger charge is -2.18. The number of hydrogen-bond acceptors (Lipinski definition) is 1. The van der Waals surface area contributed by atoms with Crippen molar-refractivity contribution in [2.75, 3.05) is 0 Å². The van der Waals surface area contributed by atoms with Crippen LogP contribution in [0.5, 0.6) is 0 Å². The highest BCUT2D eigenvalue weighted by Crippen LogP contribution is 2.43. The summed E-state index contributed by atoms with van der Waals surface area (Å²) >= 11 is 6.84. The largest absolute Gasteiger partial charge is 0.455 e. The van der Waals surface area contributed by atoms with Crippen LogP contribution in [0.1, 0.15) is 0 Å². The molecule has 0 saturated carbocycles. The number of fused-ring (bicyclic) bond motifs is 9. The zero-order valence-electron chi connectivity index (χ0n) is 15.1. The van der Waals surface area contributed by atoms with Crippen LogP contribution in [0, 0.1) is 0 Å². The Morgan fingerprint density at radius 3 is 2.44 bits per heavy atom. The highest BCUT2D eigenvalue weighted by molar-refractivity contribution is 7.04. The van der Waals surface area contributed by atoms with E-state index in [-0.39, 0.29) is 0 Å². The van der Waals surface area contributed by atoms with E-state index < -0.39 is 8.07 Å². The summed E-state index contributed by atoms with van der Waals surface area (Å²) in [7, 11) is -1.78. The van der Waals surface area contributed by atoms with Gasteiger partial charge in [0.1, 0.15) is 19.2 Å². The lowest BCUT2D eigenvalue weighted by molar-refractivity contribution is 0.674. The van der Waals surface area contributed by atoms with Gasteiger partial charge in [-0.05, 0) is 33.5 Å². The molecule has 4 aromatic carbocycles. The van der Waals surface area contributed by atoms with Crippen molar-refractivity contribution >= 4 is 62.8 Å². The summed E-state index contributed by atoms with van der Waals surface area (Å²) in [6, 6.07) is 23.6. The topological polar surface area (TPSA) is 13.1 Å². The van der Waals surface area contributed by atoms with Crippen LogP contribution < -0.4 is 10.4 Å². The van der Waals surface area contributed by atoms with Gasteiger partial charge in [-0.3, -0.25) is 0 Å². The van der Waals surface area contributed by atoms with Gasteiger partial charge in [-0.25, -0.2) is 0 Å². The Hall–Kier alpha value is -2.55. The molecule has 130 valence electrons. The number of rotatable bonds is 0. The van der Waals surface area contributed by atoms with Gasteiger partial charge in [0, 0.05) is 21.7 Å². The smallest absolute Gasteiger partial charge is 0.144 e. The highest BCUT2D eigenvalue weighted by atomic mass is 35.5. The minimum absolute atomic E-state index is 0.797. The first-order chi connectivity index (χ1) is 13.1. The highest BCUT2D eigenvalue weighted by Gasteiger charge is 2.40. The first-order valence-electron chi connectivity index (χ1n) is 9.24. The fourth-order valence-corrected chi connectivity index (χ4v) is 8.23. The third-order valence-electron chi connectivity index (χ3n) is 6.13. The molecule has 0 aliphatic carbocycles.